The van der Waals surface area contributed by atoms with Crippen LogP contribution in [-0.4, -0.2) is 11.8 Å². The normalized spacial score (nSPS) is 18.5. The standard InChI is InChI=1S/C19H18F2N2O2/c1-11-3-2-4-12(7-11)10-22-18(24)14-9-15(14)19(25)23-13-5-6-16(20)17(21)8-13/h2-8,14-15H,9-10H2,1H3,(H,22,24)(H,23,25). The molecule has 3 rings (SSSR count). The second-order valence-corrected chi connectivity index (χ2v) is 6.27. The van der Waals surface area contributed by atoms with Crippen molar-refractivity contribution in [2.45, 2.75) is 19.9 Å². The van der Waals surface area contributed by atoms with Crippen LogP contribution in [0.15, 0.2) is 42.5 Å². The summed E-state index contributed by atoms with van der Waals surface area (Å²) in [5.74, 6) is -3.35. The Morgan fingerprint density at radius 3 is 2.52 bits per heavy atom. The third-order valence-corrected chi connectivity index (χ3v) is 4.20. The molecule has 0 aliphatic heterocycles. The SMILES string of the molecule is Cc1cccc(CNC(=O)C2CC2C(=O)Nc2ccc(F)c(F)c2)c1. The van der Waals surface area contributed by atoms with Crippen LogP contribution in [0.1, 0.15) is 17.5 Å². The molecule has 0 radical (unpaired) electrons. The summed E-state index contributed by atoms with van der Waals surface area (Å²) in [4.78, 5) is 24.2. The molecule has 1 saturated carbocycles. The molecular formula is C19H18F2N2O2. The molecule has 6 heteroatoms. The first-order chi connectivity index (χ1) is 11.9. The molecule has 0 heterocycles. The molecule has 0 aromatic heterocycles. The molecule has 130 valence electrons. The highest BCUT2D eigenvalue weighted by Crippen LogP contribution is 2.39. The fourth-order valence-corrected chi connectivity index (χ4v) is 2.73. The van der Waals surface area contributed by atoms with Crippen molar-refractivity contribution in [2.24, 2.45) is 11.8 Å². The summed E-state index contributed by atoms with van der Waals surface area (Å²) in [5.41, 5.74) is 2.29. The summed E-state index contributed by atoms with van der Waals surface area (Å²) >= 11 is 0. The van der Waals surface area contributed by atoms with E-state index in [1.165, 1.54) is 6.07 Å². The molecule has 25 heavy (non-hydrogen) atoms. The van der Waals surface area contributed by atoms with Crippen LogP contribution in [0.5, 0.6) is 0 Å². The smallest absolute Gasteiger partial charge is 0.228 e. The van der Waals surface area contributed by atoms with Crippen molar-refractivity contribution in [3.8, 4) is 0 Å². The highest BCUT2D eigenvalue weighted by atomic mass is 19.2. The predicted molar refractivity (Wildman–Crippen MR) is 89.6 cm³/mol. The van der Waals surface area contributed by atoms with Crippen molar-refractivity contribution in [1.29, 1.82) is 0 Å². The van der Waals surface area contributed by atoms with Crippen molar-refractivity contribution >= 4 is 17.5 Å². The van der Waals surface area contributed by atoms with Gasteiger partial charge < -0.3 is 10.6 Å². The third-order valence-electron chi connectivity index (χ3n) is 4.20. The van der Waals surface area contributed by atoms with Crippen molar-refractivity contribution in [1.82, 2.24) is 5.32 Å². The quantitative estimate of drug-likeness (QED) is 0.875. The molecule has 0 bridgehead atoms. The lowest BCUT2D eigenvalue weighted by atomic mass is 10.1. The van der Waals surface area contributed by atoms with Gasteiger partial charge in [-0.05, 0) is 31.0 Å². The van der Waals surface area contributed by atoms with Gasteiger partial charge in [0.15, 0.2) is 11.6 Å². The number of halogens is 2. The monoisotopic (exact) mass is 344 g/mol. The topological polar surface area (TPSA) is 58.2 Å². The first-order valence-electron chi connectivity index (χ1n) is 8.03. The number of benzene rings is 2. The lowest BCUT2D eigenvalue weighted by molar-refractivity contribution is -0.125. The summed E-state index contributed by atoms with van der Waals surface area (Å²) in [5, 5.41) is 5.34. The van der Waals surface area contributed by atoms with Crippen LogP contribution in [0.4, 0.5) is 14.5 Å². The number of hydrogen-bond donors (Lipinski definition) is 2. The number of hydrogen-bond acceptors (Lipinski definition) is 2. The Morgan fingerprint density at radius 1 is 1.04 bits per heavy atom. The van der Waals surface area contributed by atoms with Crippen molar-refractivity contribution in [3.63, 3.8) is 0 Å². The van der Waals surface area contributed by atoms with Crippen molar-refractivity contribution in [3.05, 3.63) is 65.2 Å². The van der Waals surface area contributed by atoms with E-state index in [0.29, 0.717) is 13.0 Å². The van der Waals surface area contributed by atoms with Crippen molar-refractivity contribution < 1.29 is 18.4 Å². The maximum absolute atomic E-state index is 13.2. The Bertz CT molecular complexity index is 823. The predicted octanol–water partition coefficient (Wildman–Crippen LogP) is 3.16. The largest absolute Gasteiger partial charge is 0.352 e. The average molecular weight is 344 g/mol. The van der Waals surface area contributed by atoms with Gasteiger partial charge in [-0.1, -0.05) is 29.8 Å². The molecule has 2 unspecified atom stereocenters. The minimum absolute atomic E-state index is 0.174. The number of anilines is 1. The van der Waals surface area contributed by atoms with E-state index < -0.39 is 17.6 Å². The maximum atomic E-state index is 13.2. The van der Waals surface area contributed by atoms with Crippen molar-refractivity contribution in [2.75, 3.05) is 5.32 Å². The molecule has 4 nitrogen and oxygen atoms in total. The highest BCUT2D eigenvalue weighted by molar-refractivity contribution is 5.99. The van der Waals surface area contributed by atoms with E-state index in [-0.39, 0.29) is 23.4 Å². The molecule has 0 spiro atoms. The summed E-state index contributed by atoms with van der Waals surface area (Å²) in [6.45, 7) is 2.39. The molecule has 1 aliphatic rings. The molecule has 2 amide bonds. The minimum Gasteiger partial charge on any atom is -0.352 e. The van der Waals surface area contributed by atoms with Gasteiger partial charge in [-0.25, -0.2) is 8.78 Å². The van der Waals surface area contributed by atoms with Gasteiger partial charge in [0, 0.05) is 18.3 Å². The van der Waals surface area contributed by atoms with E-state index in [2.05, 4.69) is 10.6 Å². The van der Waals surface area contributed by atoms with Crippen LogP contribution >= 0.6 is 0 Å². The molecular weight excluding hydrogens is 326 g/mol. The van der Waals surface area contributed by atoms with E-state index in [9.17, 15) is 18.4 Å². The van der Waals surface area contributed by atoms with E-state index in [4.69, 9.17) is 0 Å². The fourth-order valence-electron chi connectivity index (χ4n) is 2.73. The third kappa shape index (κ3) is 4.21. The first-order valence-corrected chi connectivity index (χ1v) is 8.03. The molecule has 2 N–H and O–H groups in total. The molecule has 1 aliphatic carbocycles. The summed E-state index contributed by atoms with van der Waals surface area (Å²) in [6, 6.07) is 11.0. The molecule has 0 saturated heterocycles. The van der Waals surface area contributed by atoms with E-state index in [0.717, 1.165) is 23.3 Å². The lowest BCUT2D eigenvalue weighted by Gasteiger charge is -2.07. The Labute approximate surface area is 144 Å². The van der Waals surface area contributed by atoms with Gasteiger partial charge >= 0.3 is 0 Å². The summed E-state index contributed by atoms with van der Waals surface area (Å²) in [6.07, 6.45) is 0.454. The average Bonchev–Trinajstić information content (AvgIpc) is 3.37. The number of nitrogens with one attached hydrogen (secondary N) is 2. The number of aryl methyl sites for hydroxylation is 1. The van der Waals surface area contributed by atoms with Gasteiger partial charge in [0.05, 0.1) is 11.8 Å². The second-order valence-electron chi connectivity index (χ2n) is 6.27. The van der Waals surface area contributed by atoms with Crippen LogP contribution in [0.25, 0.3) is 0 Å². The van der Waals surface area contributed by atoms with Crippen LogP contribution in [0.2, 0.25) is 0 Å². The number of rotatable bonds is 5. The van der Waals surface area contributed by atoms with Gasteiger partial charge in [-0.3, -0.25) is 9.59 Å². The van der Waals surface area contributed by atoms with Gasteiger partial charge in [0.25, 0.3) is 0 Å². The van der Waals surface area contributed by atoms with Crippen LogP contribution in [0, 0.1) is 30.4 Å². The van der Waals surface area contributed by atoms with E-state index in [1.54, 1.807) is 0 Å². The van der Waals surface area contributed by atoms with Crippen LogP contribution < -0.4 is 10.6 Å². The van der Waals surface area contributed by atoms with Gasteiger partial charge in [-0.15, -0.1) is 0 Å². The number of carbonyl (C=O) groups excluding carboxylic acids is 2. The minimum atomic E-state index is -1.03. The zero-order valence-electron chi connectivity index (χ0n) is 13.7. The van der Waals surface area contributed by atoms with Gasteiger partial charge in [0.1, 0.15) is 0 Å². The second kappa shape index (κ2) is 7.01. The maximum Gasteiger partial charge on any atom is 0.228 e. The number of amides is 2. The highest BCUT2D eigenvalue weighted by Gasteiger charge is 2.47. The molecule has 1 fully saturated rings. The summed E-state index contributed by atoms with van der Waals surface area (Å²) < 4.78 is 26.0. The van der Waals surface area contributed by atoms with Gasteiger partial charge in [0.2, 0.25) is 11.8 Å². The Balaban J connectivity index is 1.50. The van der Waals surface area contributed by atoms with Crippen LogP contribution in [0.3, 0.4) is 0 Å². The lowest BCUT2D eigenvalue weighted by Crippen LogP contribution is -2.27. The zero-order valence-corrected chi connectivity index (χ0v) is 13.7. The Hall–Kier alpha value is -2.76. The molecule has 2 atom stereocenters. The van der Waals surface area contributed by atoms with E-state index >= 15 is 0 Å². The Morgan fingerprint density at radius 2 is 1.80 bits per heavy atom. The molecule has 2 aromatic rings. The van der Waals surface area contributed by atoms with Gasteiger partial charge in [-0.2, -0.15) is 0 Å². The zero-order chi connectivity index (χ0) is 18.0. The van der Waals surface area contributed by atoms with Crippen LogP contribution in [-0.2, 0) is 16.1 Å². The van der Waals surface area contributed by atoms with E-state index in [1.807, 2.05) is 31.2 Å². The fraction of sp³-hybridized carbons (Fsp3) is 0.263. The summed E-state index contributed by atoms with van der Waals surface area (Å²) in [7, 11) is 0. The number of carbonyl (C=O) groups is 2. The Kier molecular flexibility index (Phi) is 4.79. The first kappa shape index (κ1) is 17.1. The molecule has 2 aromatic carbocycles.